The summed E-state index contributed by atoms with van der Waals surface area (Å²) in [6, 6.07) is 0. The Balaban J connectivity index is 3.67. The fourth-order valence-electron chi connectivity index (χ4n) is 4.42. The molecule has 0 aliphatic rings. The zero-order valence-electron chi connectivity index (χ0n) is 25.8. The molecule has 232 valence electrons. The van der Waals surface area contributed by atoms with Gasteiger partial charge in [0, 0.05) is 19.3 Å². The van der Waals surface area contributed by atoms with Crippen LogP contribution in [-0.4, -0.2) is 42.1 Å². The number of ether oxygens (including phenoxy) is 2. The first-order valence-corrected chi connectivity index (χ1v) is 16.3. The first-order valence-electron chi connectivity index (χ1n) is 16.3. The van der Waals surface area contributed by atoms with Gasteiger partial charge < -0.3 is 14.6 Å². The van der Waals surface area contributed by atoms with Crippen molar-refractivity contribution >= 4 is 17.7 Å². The number of unbranched alkanes of at least 4 members (excludes halogenated alkanes) is 16. The minimum atomic E-state index is -0.790. The number of rotatable bonds is 29. The van der Waals surface area contributed by atoms with Crippen LogP contribution in [0.2, 0.25) is 0 Å². The van der Waals surface area contributed by atoms with Gasteiger partial charge in [-0.25, -0.2) is 0 Å². The van der Waals surface area contributed by atoms with Crippen LogP contribution in [-0.2, 0) is 23.9 Å². The van der Waals surface area contributed by atoms with Crippen molar-refractivity contribution < 1.29 is 29.0 Å². The van der Waals surface area contributed by atoms with Crippen LogP contribution in [0.3, 0.4) is 0 Å². The fraction of sp³-hybridized carbons (Fsp3) is 0.794. The van der Waals surface area contributed by atoms with Crippen LogP contribution in [0.15, 0.2) is 24.3 Å². The predicted octanol–water partition coefficient (Wildman–Crippen LogP) is 8.74. The van der Waals surface area contributed by atoms with E-state index in [1.807, 2.05) is 12.2 Å². The van der Waals surface area contributed by atoms with Crippen LogP contribution in [0.4, 0.5) is 0 Å². The Hall–Kier alpha value is -1.95. The molecule has 0 aromatic heterocycles. The predicted molar refractivity (Wildman–Crippen MR) is 164 cm³/mol. The fourth-order valence-corrected chi connectivity index (χ4v) is 4.42. The highest BCUT2D eigenvalue weighted by Crippen LogP contribution is 2.12. The lowest BCUT2D eigenvalue weighted by molar-refractivity contribution is -0.161. The number of esters is 2. The van der Waals surface area contributed by atoms with E-state index in [0.29, 0.717) is 19.3 Å². The lowest BCUT2D eigenvalue weighted by Gasteiger charge is -2.15. The minimum Gasteiger partial charge on any atom is -0.462 e. The van der Waals surface area contributed by atoms with Crippen molar-refractivity contribution in [1.29, 1.82) is 0 Å². The molecule has 0 aliphatic carbocycles. The van der Waals surface area contributed by atoms with Crippen molar-refractivity contribution in [2.24, 2.45) is 0 Å². The average molecular weight is 565 g/mol. The molecular formula is C34H60O6. The molecule has 40 heavy (non-hydrogen) atoms. The van der Waals surface area contributed by atoms with Crippen LogP contribution in [0.25, 0.3) is 0 Å². The average Bonchev–Trinajstić information content (AvgIpc) is 2.95. The van der Waals surface area contributed by atoms with E-state index in [1.165, 1.54) is 44.9 Å². The monoisotopic (exact) mass is 564 g/mol. The van der Waals surface area contributed by atoms with E-state index < -0.39 is 6.10 Å². The Morgan fingerprint density at radius 1 is 0.625 bits per heavy atom. The summed E-state index contributed by atoms with van der Waals surface area (Å²) in [5.41, 5.74) is 0. The van der Waals surface area contributed by atoms with Gasteiger partial charge in [0.05, 0.1) is 6.61 Å². The number of carbonyl (C=O) groups is 3. The summed E-state index contributed by atoms with van der Waals surface area (Å²) >= 11 is 0. The second-order valence-corrected chi connectivity index (χ2v) is 10.9. The lowest BCUT2D eigenvalue weighted by atomic mass is 10.1. The number of ketones is 1. The van der Waals surface area contributed by atoms with Gasteiger partial charge in [0.1, 0.15) is 6.61 Å². The van der Waals surface area contributed by atoms with E-state index in [-0.39, 0.29) is 30.9 Å². The van der Waals surface area contributed by atoms with Crippen molar-refractivity contribution in [3.63, 3.8) is 0 Å². The smallest absolute Gasteiger partial charge is 0.306 e. The molecule has 0 radical (unpaired) electrons. The molecule has 0 heterocycles. The largest absolute Gasteiger partial charge is 0.462 e. The SMILES string of the molecule is CCCCCCCCCCCCC(=O)O[C@@H](CO)COC(=O)CCCCCCC/C=C\C=C\C(=O)CCCCC. The number of aliphatic hydroxyl groups is 1. The zero-order chi connectivity index (χ0) is 29.5. The Morgan fingerprint density at radius 2 is 1.12 bits per heavy atom. The van der Waals surface area contributed by atoms with Gasteiger partial charge in [-0.2, -0.15) is 0 Å². The first kappa shape index (κ1) is 38.0. The Kier molecular flexibility index (Phi) is 28.6. The number of aliphatic hydroxyl groups excluding tert-OH is 1. The molecule has 0 aromatic rings. The second kappa shape index (κ2) is 30.0. The summed E-state index contributed by atoms with van der Waals surface area (Å²) in [6.07, 6.45) is 29.2. The van der Waals surface area contributed by atoms with Crippen molar-refractivity contribution in [2.45, 2.75) is 161 Å². The van der Waals surface area contributed by atoms with Gasteiger partial charge in [0.2, 0.25) is 0 Å². The van der Waals surface area contributed by atoms with E-state index in [2.05, 4.69) is 19.9 Å². The number of hydrogen-bond donors (Lipinski definition) is 1. The molecule has 1 N–H and O–H groups in total. The maximum Gasteiger partial charge on any atom is 0.306 e. The lowest BCUT2D eigenvalue weighted by Crippen LogP contribution is -2.28. The normalized spacial score (nSPS) is 12.3. The standard InChI is InChI=1S/C34H60O6/c1-3-5-7-8-9-10-13-17-20-24-28-34(38)40-32(29-35)30-39-33(37)27-23-19-16-14-11-12-15-18-22-26-31(36)25-21-6-4-2/h15,18,22,26,32,35H,3-14,16-17,19-21,23-25,27-30H2,1-2H3/b18-15-,26-22+/t32-/m0/s1. The van der Waals surface area contributed by atoms with Crippen LogP contribution in [0.5, 0.6) is 0 Å². The molecule has 0 saturated heterocycles. The molecule has 0 aromatic carbocycles. The van der Waals surface area contributed by atoms with E-state index in [0.717, 1.165) is 77.0 Å². The summed E-state index contributed by atoms with van der Waals surface area (Å²) in [5, 5.41) is 9.47. The molecular weight excluding hydrogens is 504 g/mol. The number of hydrogen-bond acceptors (Lipinski definition) is 6. The zero-order valence-corrected chi connectivity index (χ0v) is 25.8. The summed E-state index contributed by atoms with van der Waals surface area (Å²) in [6.45, 7) is 3.92. The van der Waals surface area contributed by atoms with E-state index in [9.17, 15) is 19.5 Å². The van der Waals surface area contributed by atoms with Gasteiger partial charge in [-0.15, -0.1) is 0 Å². The van der Waals surface area contributed by atoms with Crippen LogP contribution in [0, 0.1) is 0 Å². The molecule has 0 saturated carbocycles. The quantitative estimate of drug-likeness (QED) is 0.0423. The second-order valence-electron chi connectivity index (χ2n) is 10.9. The summed E-state index contributed by atoms with van der Waals surface area (Å²) in [7, 11) is 0. The van der Waals surface area contributed by atoms with Crippen molar-refractivity contribution in [3.05, 3.63) is 24.3 Å². The Morgan fingerprint density at radius 3 is 1.73 bits per heavy atom. The van der Waals surface area contributed by atoms with Crippen molar-refractivity contribution in [1.82, 2.24) is 0 Å². The molecule has 6 heteroatoms. The highest BCUT2D eigenvalue weighted by Gasteiger charge is 2.16. The van der Waals surface area contributed by atoms with E-state index in [4.69, 9.17) is 9.47 Å². The molecule has 0 unspecified atom stereocenters. The van der Waals surface area contributed by atoms with Gasteiger partial charge in [-0.05, 0) is 38.2 Å². The van der Waals surface area contributed by atoms with Crippen molar-refractivity contribution in [2.75, 3.05) is 13.2 Å². The molecule has 0 amide bonds. The molecule has 1 atom stereocenters. The Labute approximate surface area is 245 Å². The summed E-state index contributed by atoms with van der Waals surface area (Å²) in [4.78, 5) is 35.7. The molecule has 0 fully saturated rings. The molecule has 0 bridgehead atoms. The van der Waals surface area contributed by atoms with Gasteiger partial charge in [-0.3, -0.25) is 14.4 Å². The summed E-state index contributed by atoms with van der Waals surface area (Å²) < 4.78 is 10.5. The maximum absolute atomic E-state index is 12.0. The number of carbonyl (C=O) groups excluding carboxylic acids is 3. The van der Waals surface area contributed by atoms with Crippen LogP contribution < -0.4 is 0 Å². The molecule has 6 nitrogen and oxygen atoms in total. The van der Waals surface area contributed by atoms with Crippen LogP contribution >= 0.6 is 0 Å². The highest BCUT2D eigenvalue weighted by molar-refractivity contribution is 5.89. The van der Waals surface area contributed by atoms with Gasteiger partial charge in [0.15, 0.2) is 11.9 Å². The van der Waals surface area contributed by atoms with E-state index >= 15 is 0 Å². The third kappa shape index (κ3) is 27.6. The van der Waals surface area contributed by atoms with E-state index in [1.54, 1.807) is 6.08 Å². The first-order chi connectivity index (χ1) is 19.5. The number of allylic oxidation sites excluding steroid dienone is 4. The van der Waals surface area contributed by atoms with Crippen molar-refractivity contribution in [3.8, 4) is 0 Å². The third-order valence-corrected chi connectivity index (χ3v) is 6.97. The maximum atomic E-state index is 12.0. The molecule has 0 aliphatic heterocycles. The molecule has 0 spiro atoms. The summed E-state index contributed by atoms with van der Waals surface area (Å²) in [5.74, 6) is -0.455. The van der Waals surface area contributed by atoms with Gasteiger partial charge >= 0.3 is 11.9 Å². The topological polar surface area (TPSA) is 89.9 Å². The van der Waals surface area contributed by atoms with Crippen LogP contribution in [0.1, 0.15) is 155 Å². The van der Waals surface area contributed by atoms with Gasteiger partial charge in [-0.1, -0.05) is 122 Å². The van der Waals surface area contributed by atoms with Gasteiger partial charge in [0.25, 0.3) is 0 Å². The third-order valence-electron chi connectivity index (χ3n) is 6.97. The minimum absolute atomic E-state index is 0.0930. The Bertz CT molecular complexity index is 669. The molecule has 0 rings (SSSR count). The highest BCUT2D eigenvalue weighted by atomic mass is 16.6.